The van der Waals surface area contributed by atoms with Gasteiger partial charge in [-0.1, -0.05) is 48.5 Å². The lowest BCUT2D eigenvalue weighted by atomic mass is 9.98. The molecule has 0 aliphatic carbocycles. The Morgan fingerprint density at radius 3 is 2.32 bits per heavy atom. The van der Waals surface area contributed by atoms with Crippen molar-refractivity contribution in [2.24, 2.45) is 0 Å². The zero-order valence-electron chi connectivity index (χ0n) is 12.6. The molecule has 4 heteroatoms. The zero-order valence-corrected chi connectivity index (χ0v) is 13.4. The number of hydrogen-bond donors (Lipinski definition) is 2. The number of aliphatic hydroxyl groups is 1. The number of aliphatic hydroxyl groups excluding tert-OH is 1. The van der Waals surface area contributed by atoms with E-state index in [-0.39, 0.29) is 25.1 Å². The van der Waals surface area contributed by atoms with E-state index < -0.39 is 0 Å². The first kappa shape index (κ1) is 17.0. The third-order valence-electron chi connectivity index (χ3n) is 4.14. The quantitative estimate of drug-likeness (QED) is 0.910. The van der Waals surface area contributed by atoms with Crippen LogP contribution in [-0.4, -0.2) is 42.8 Å². The van der Waals surface area contributed by atoms with E-state index in [1.54, 1.807) is 0 Å². The van der Waals surface area contributed by atoms with Gasteiger partial charge in [-0.3, -0.25) is 4.90 Å². The van der Waals surface area contributed by atoms with Crippen molar-refractivity contribution in [3.8, 4) is 11.1 Å². The van der Waals surface area contributed by atoms with E-state index in [4.69, 9.17) is 0 Å². The van der Waals surface area contributed by atoms with Gasteiger partial charge >= 0.3 is 0 Å². The van der Waals surface area contributed by atoms with Gasteiger partial charge in [-0.25, -0.2) is 0 Å². The summed E-state index contributed by atoms with van der Waals surface area (Å²) in [5.41, 5.74) is 3.62. The maximum absolute atomic E-state index is 9.83. The van der Waals surface area contributed by atoms with Crippen molar-refractivity contribution in [1.82, 2.24) is 10.2 Å². The topological polar surface area (TPSA) is 35.5 Å². The third kappa shape index (κ3) is 3.87. The van der Waals surface area contributed by atoms with Gasteiger partial charge in [-0.05, 0) is 22.8 Å². The average Bonchev–Trinajstić information content (AvgIpc) is 2.58. The van der Waals surface area contributed by atoms with E-state index in [2.05, 4.69) is 58.7 Å². The zero-order chi connectivity index (χ0) is 14.5. The molecule has 0 unspecified atom stereocenters. The van der Waals surface area contributed by atoms with Crippen molar-refractivity contribution in [1.29, 1.82) is 0 Å². The Bertz CT molecular complexity index is 570. The lowest BCUT2D eigenvalue weighted by Crippen LogP contribution is -2.46. The number of hydrogen-bond acceptors (Lipinski definition) is 3. The lowest BCUT2D eigenvalue weighted by Gasteiger charge is -2.34. The fraction of sp³-hybridized carbons (Fsp3) is 0.333. The van der Waals surface area contributed by atoms with Gasteiger partial charge in [-0.15, -0.1) is 12.4 Å². The van der Waals surface area contributed by atoms with E-state index in [1.165, 1.54) is 16.7 Å². The Morgan fingerprint density at radius 1 is 0.955 bits per heavy atom. The summed E-state index contributed by atoms with van der Waals surface area (Å²) in [6, 6.07) is 19.0. The molecule has 0 aromatic heterocycles. The van der Waals surface area contributed by atoms with E-state index in [0.29, 0.717) is 0 Å². The molecule has 1 atom stereocenters. The van der Waals surface area contributed by atoms with Crippen LogP contribution in [0.25, 0.3) is 11.1 Å². The van der Waals surface area contributed by atoms with Crippen LogP contribution in [0.4, 0.5) is 0 Å². The number of benzene rings is 2. The summed E-state index contributed by atoms with van der Waals surface area (Å²) >= 11 is 0. The highest BCUT2D eigenvalue weighted by atomic mass is 35.5. The summed E-state index contributed by atoms with van der Waals surface area (Å²) in [7, 11) is 0. The van der Waals surface area contributed by atoms with Crippen LogP contribution in [0, 0.1) is 0 Å². The molecular formula is C18H23ClN2O. The van der Waals surface area contributed by atoms with Crippen LogP contribution >= 0.6 is 12.4 Å². The van der Waals surface area contributed by atoms with Gasteiger partial charge in [0, 0.05) is 26.2 Å². The SMILES string of the molecule is Cl.OC[C@H](c1cccc(-c2ccccc2)c1)N1CCNCC1. The molecular weight excluding hydrogens is 296 g/mol. The minimum absolute atomic E-state index is 0. The van der Waals surface area contributed by atoms with E-state index >= 15 is 0 Å². The van der Waals surface area contributed by atoms with Gasteiger partial charge in [0.2, 0.25) is 0 Å². The van der Waals surface area contributed by atoms with Crippen LogP contribution < -0.4 is 5.32 Å². The summed E-state index contributed by atoms with van der Waals surface area (Å²) in [5.74, 6) is 0. The summed E-state index contributed by atoms with van der Waals surface area (Å²) in [6.45, 7) is 4.13. The molecule has 1 heterocycles. The van der Waals surface area contributed by atoms with Crippen LogP contribution in [0.3, 0.4) is 0 Å². The van der Waals surface area contributed by atoms with E-state index in [0.717, 1.165) is 26.2 Å². The molecule has 1 aliphatic rings. The predicted octanol–water partition coefficient (Wildman–Crippen LogP) is 2.71. The van der Waals surface area contributed by atoms with Crippen LogP contribution in [0.5, 0.6) is 0 Å². The van der Waals surface area contributed by atoms with Gasteiger partial charge < -0.3 is 10.4 Å². The maximum atomic E-state index is 9.83. The van der Waals surface area contributed by atoms with Gasteiger partial charge in [0.15, 0.2) is 0 Å². The largest absolute Gasteiger partial charge is 0.394 e. The highest BCUT2D eigenvalue weighted by Crippen LogP contribution is 2.26. The van der Waals surface area contributed by atoms with Crippen LogP contribution in [0.1, 0.15) is 11.6 Å². The fourth-order valence-electron chi connectivity index (χ4n) is 2.98. The molecule has 0 amide bonds. The Hall–Kier alpha value is -1.39. The molecule has 0 radical (unpaired) electrons. The first-order valence-electron chi connectivity index (χ1n) is 7.59. The molecule has 0 spiro atoms. The second kappa shape index (κ2) is 8.30. The maximum Gasteiger partial charge on any atom is 0.0628 e. The molecule has 1 saturated heterocycles. The highest BCUT2D eigenvalue weighted by molar-refractivity contribution is 5.85. The summed E-state index contributed by atoms with van der Waals surface area (Å²) in [5, 5.41) is 13.2. The fourth-order valence-corrected chi connectivity index (χ4v) is 2.98. The molecule has 1 aliphatic heterocycles. The van der Waals surface area contributed by atoms with Crippen molar-refractivity contribution in [3.05, 3.63) is 60.2 Å². The van der Waals surface area contributed by atoms with Crippen molar-refractivity contribution in [2.45, 2.75) is 6.04 Å². The Balaban J connectivity index is 0.00000176. The molecule has 22 heavy (non-hydrogen) atoms. The third-order valence-corrected chi connectivity index (χ3v) is 4.14. The van der Waals surface area contributed by atoms with Gasteiger partial charge in [0.25, 0.3) is 0 Å². The number of nitrogens with zero attached hydrogens (tertiary/aromatic N) is 1. The lowest BCUT2D eigenvalue weighted by molar-refractivity contribution is 0.111. The molecule has 1 fully saturated rings. The van der Waals surface area contributed by atoms with Crippen LogP contribution in [-0.2, 0) is 0 Å². The number of piperazine rings is 1. The second-order valence-electron chi connectivity index (χ2n) is 5.48. The van der Waals surface area contributed by atoms with E-state index in [1.807, 2.05) is 6.07 Å². The van der Waals surface area contributed by atoms with Crippen LogP contribution in [0.15, 0.2) is 54.6 Å². The standard InChI is InChI=1S/C18H22N2O.ClH/c21-14-18(20-11-9-19-10-12-20)17-8-4-7-16(13-17)15-5-2-1-3-6-15;/h1-8,13,18-19,21H,9-12,14H2;1H/t18-;/m1./s1. The van der Waals surface area contributed by atoms with Gasteiger partial charge in [-0.2, -0.15) is 0 Å². The normalized spacial score (nSPS) is 16.8. The average molecular weight is 319 g/mol. The number of rotatable bonds is 4. The summed E-state index contributed by atoms with van der Waals surface area (Å²) in [4.78, 5) is 2.36. The minimum Gasteiger partial charge on any atom is -0.394 e. The molecule has 118 valence electrons. The molecule has 3 nitrogen and oxygen atoms in total. The molecule has 0 bridgehead atoms. The summed E-state index contributed by atoms with van der Waals surface area (Å²) < 4.78 is 0. The smallest absolute Gasteiger partial charge is 0.0628 e. The second-order valence-corrected chi connectivity index (χ2v) is 5.48. The monoisotopic (exact) mass is 318 g/mol. The molecule has 2 N–H and O–H groups in total. The number of nitrogens with one attached hydrogen (secondary N) is 1. The number of halogens is 1. The molecule has 2 aromatic rings. The molecule has 2 aromatic carbocycles. The Labute approximate surface area is 138 Å². The highest BCUT2D eigenvalue weighted by Gasteiger charge is 2.21. The minimum atomic E-state index is 0. The molecule has 0 saturated carbocycles. The van der Waals surface area contributed by atoms with Gasteiger partial charge in [0.05, 0.1) is 12.6 Å². The first-order chi connectivity index (χ1) is 10.4. The van der Waals surface area contributed by atoms with Crippen molar-refractivity contribution in [2.75, 3.05) is 32.8 Å². The Morgan fingerprint density at radius 2 is 1.64 bits per heavy atom. The van der Waals surface area contributed by atoms with Crippen molar-refractivity contribution in [3.63, 3.8) is 0 Å². The predicted molar refractivity (Wildman–Crippen MR) is 93.4 cm³/mol. The Kier molecular flexibility index (Phi) is 6.40. The molecule has 3 rings (SSSR count). The van der Waals surface area contributed by atoms with Crippen molar-refractivity contribution >= 4 is 12.4 Å². The van der Waals surface area contributed by atoms with Gasteiger partial charge in [0.1, 0.15) is 0 Å². The van der Waals surface area contributed by atoms with Crippen molar-refractivity contribution < 1.29 is 5.11 Å². The summed E-state index contributed by atoms with van der Waals surface area (Å²) in [6.07, 6.45) is 0. The van der Waals surface area contributed by atoms with E-state index in [9.17, 15) is 5.11 Å². The first-order valence-corrected chi connectivity index (χ1v) is 7.59. The van der Waals surface area contributed by atoms with Crippen LogP contribution in [0.2, 0.25) is 0 Å².